The topological polar surface area (TPSA) is 52.3 Å². The zero-order chi connectivity index (χ0) is 12.3. The second-order valence-electron chi connectivity index (χ2n) is 4.88. The fraction of sp³-hybridized carbons (Fsp3) is 0.462. The fourth-order valence-electron chi connectivity index (χ4n) is 1.46. The summed E-state index contributed by atoms with van der Waals surface area (Å²) < 4.78 is 4.63. The quantitative estimate of drug-likeness (QED) is 0.778. The van der Waals surface area contributed by atoms with Crippen molar-refractivity contribution < 1.29 is 9.53 Å². The molecule has 3 heteroatoms. The minimum absolute atomic E-state index is 0.0475. The number of carbonyl (C=O) groups is 1. The molecule has 1 unspecified atom stereocenters. The van der Waals surface area contributed by atoms with Gasteiger partial charge in [-0.3, -0.25) is 4.79 Å². The molecule has 0 aromatic heterocycles. The second-order valence-corrected chi connectivity index (χ2v) is 4.88. The van der Waals surface area contributed by atoms with Crippen molar-refractivity contribution in [3.8, 4) is 0 Å². The standard InChI is InChI=1S/C13H19NO2/c1-13(2,3)10-7-5-6-9(8-10)11(14)12(15)16-4/h5-8,11H,14H2,1-4H3. The summed E-state index contributed by atoms with van der Waals surface area (Å²) in [4.78, 5) is 11.3. The predicted octanol–water partition coefficient (Wildman–Crippen LogP) is 2.16. The number of methoxy groups -OCH3 is 1. The molecule has 16 heavy (non-hydrogen) atoms. The Morgan fingerprint density at radius 3 is 2.50 bits per heavy atom. The lowest BCUT2D eigenvalue weighted by Crippen LogP contribution is -2.23. The van der Waals surface area contributed by atoms with Crippen LogP contribution in [-0.4, -0.2) is 13.1 Å². The highest BCUT2D eigenvalue weighted by molar-refractivity contribution is 5.77. The molecule has 0 aliphatic carbocycles. The van der Waals surface area contributed by atoms with Gasteiger partial charge in [0, 0.05) is 0 Å². The normalized spacial score (nSPS) is 13.3. The van der Waals surface area contributed by atoms with Gasteiger partial charge in [0.25, 0.3) is 0 Å². The Bertz CT molecular complexity index is 380. The SMILES string of the molecule is COC(=O)C(N)c1cccc(C(C)(C)C)c1. The third-order valence-electron chi connectivity index (χ3n) is 2.57. The summed E-state index contributed by atoms with van der Waals surface area (Å²) in [5.74, 6) is -0.411. The Kier molecular flexibility index (Phi) is 3.70. The first-order chi connectivity index (χ1) is 7.36. The van der Waals surface area contributed by atoms with Crippen LogP contribution < -0.4 is 5.73 Å². The van der Waals surface area contributed by atoms with Crippen molar-refractivity contribution in [2.24, 2.45) is 5.73 Å². The largest absolute Gasteiger partial charge is 0.468 e. The van der Waals surface area contributed by atoms with Gasteiger partial charge in [-0.15, -0.1) is 0 Å². The Morgan fingerprint density at radius 2 is 2.00 bits per heavy atom. The van der Waals surface area contributed by atoms with Crippen LogP contribution in [0.5, 0.6) is 0 Å². The van der Waals surface area contributed by atoms with Gasteiger partial charge in [-0.25, -0.2) is 0 Å². The van der Waals surface area contributed by atoms with Crippen LogP contribution in [0.1, 0.15) is 37.9 Å². The summed E-state index contributed by atoms with van der Waals surface area (Å²) in [6.07, 6.45) is 0. The summed E-state index contributed by atoms with van der Waals surface area (Å²) in [5, 5.41) is 0. The molecule has 0 bridgehead atoms. The van der Waals surface area contributed by atoms with Crippen LogP contribution in [-0.2, 0) is 14.9 Å². The average molecular weight is 221 g/mol. The monoisotopic (exact) mass is 221 g/mol. The molecule has 1 rings (SSSR count). The first-order valence-corrected chi connectivity index (χ1v) is 5.30. The van der Waals surface area contributed by atoms with Gasteiger partial charge in [0.15, 0.2) is 0 Å². The van der Waals surface area contributed by atoms with Gasteiger partial charge < -0.3 is 10.5 Å². The van der Waals surface area contributed by atoms with Crippen LogP contribution in [0.2, 0.25) is 0 Å². The van der Waals surface area contributed by atoms with Gasteiger partial charge in [-0.2, -0.15) is 0 Å². The van der Waals surface area contributed by atoms with E-state index in [9.17, 15) is 4.79 Å². The highest BCUT2D eigenvalue weighted by Gasteiger charge is 2.19. The maximum Gasteiger partial charge on any atom is 0.327 e. The second kappa shape index (κ2) is 4.66. The van der Waals surface area contributed by atoms with E-state index in [1.165, 1.54) is 7.11 Å². The van der Waals surface area contributed by atoms with E-state index in [2.05, 4.69) is 25.5 Å². The molecular weight excluding hydrogens is 202 g/mol. The molecule has 88 valence electrons. The molecule has 2 N–H and O–H groups in total. The molecule has 0 radical (unpaired) electrons. The molecule has 0 saturated carbocycles. The molecule has 0 aliphatic heterocycles. The van der Waals surface area contributed by atoms with Crippen LogP contribution in [0.25, 0.3) is 0 Å². The van der Waals surface area contributed by atoms with Crippen molar-refractivity contribution in [3.63, 3.8) is 0 Å². The molecule has 0 spiro atoms. The van der Waals surface area contributed by atoms with E-state index in [0.717, 1.165) is 11.1 Å². The molecule has 0 fully saturated rings. The van der Waals surface area contributed by atoms with E-state index in [1.807, 2.05) is 24.3 Å². The van der Waals surface area contributed by atoms with Crippen LogP contribution in [0.3, 0.4) is 0 Å². The molecule has 1 aromatic carbocycles. The van der Waals surface area contributed by atoms with E-state index in [4.69, 9.17) is 5.73 Å². The summed E-state index contributed by atoms with van der Waals surface area (Å²) in [5.41, 5.74) is 7.78. The molecule has 0 saturated heterocycles. The first-order valence-electron chi connectivity index (χ1n) is 5.30. The molecule has 1 atom stereocenters. The lowest BCUT2D eigenvalue weighted by atomic mass is 9.85. The maximum atomic E-state index is 11.3. The van der Waals surface area contributed by atoms with E-state index in [0.29, 0.717) is 0 Å². The minimum atomic E-state index is -0.702. The Balaban J connectivity index is 3.04. The van der Waals surface area contributed by atoms with E-state index in [-0.39, 0.29) is 5.41 Å². The Morgan fingerprint density at radius 1 is 1.38 bits per heavy atom. The number of nitrogens with two attached hydrogens (primary N) is 1. The van der Waals surface area contributed by atoms with Gasteiger partial charge in [-0.1, -0.05) is 45.0 Å². The minimum Gasteiger partial charge on any atom is -0.468 e. The first kappa shape index (κ1) is 12.7. The molecule has 1 aromatic rings. The third-order valence-corrected chi connectivity index (χ3v) is 2.57. The zero-order valence-electron chi connectivity index (χ0n) is 10.3. The van der Waals surface area contributed by atoms with E-state index < -0.39 is 12.0 Å². The number of esters is 1. The fourth-order valence-corrected chi connectivity index (χ4v) is 1.46. The van der Waals surface area contributed by atoms with E-state index in [1.54, 1.807) is 0 Å². The van der Waals surface area contributed by atoms with Crippen molar-refractivity contribution in [2.45, 2.75) is 32.2 Å². The predicted molar refractivity (Wildman–Crippen MR) is 64.1 cm³/mol. The van der Waals surface area contributed by atoms with E-state index >= 15 is 0 Å². The molecule has 0 aliphatic rings. The molecule has 3 nitrogen and oxygen atoms in total. The van der Waals surface area contributed by atoms with Crippen molar-refractivity contribution in [1.82, 2.24) is 0 Å². The number of carbonyl (C=O) groups excluding carboxylic acids is 1. The molecule has 0 amide bonds. The van der Waals surface area contributed by atoms with Gasteiger partial charge in [0.1, 0.15) is 6.04 Å². The molecule has 0 heterocycles. The average Bonchev–Trinajstić information content (AvgIpc) is 2.26. The zero-order valence-corrected chi connectivity index (χ0v) is 10.3. The smallest absolute Gasteiger partial charge is 0.327 e. The summed E-state index contributed by atoms with van der Waals surface area (Å²) in [6, 6.07) is 7.05. The number of hydrogen-bond acceptors (Lipinski definition) is 3. The number of ether oxygens (including phenoxy) is 1. The van der Waals surface area contributed by atoms with Crippen molar-refractivity contribution in [1.29, 1.82) is 0 Å². The third kappa shape index (κ3) is 2.83. The number of rotatable bonds is 2. The van der Waals surface area contributed by atoms with Gasteiger partial charge >= 0.3 is 5.97 Å². The van der Waals surface area contributed by atoms with Gasteiger partial charge in [-0.05, 0) is 16.5 Å². The van der Waals surface area contributed by atoms with Crippen LogP contribution in [0.15, 0.2) is 24.3 Å². The van der Waals surface area contributed by atoms with Gasteiger partial charge in [0.2, 0.25) is 0 Å². The lowest BCUT2D eigenvalue weighted by Gasteiger charge is -2.20. The Labute approximate surface area is 96.6 Å². The highest BCUT2D eigenvalue weighted by atomic mass is 16.5. The number of hydrogen-bond donors (Lipinski definition) is 1. The maximum absolute atomic E-state index is 11.3. The summed E-state index contributed by atoms with van der Waals surface area (Å²) >= 11 is 0. The van der Waals surface area contributed by atoms with Crippen LogP contribution in [0, 0.1) is 0 Å². The lowest BCUT2D eigenvalue weighted by molar-refractivity contribution is -0.142. The van der Waals surface area contributed by atoms with Crippen LogP contribution in [0.4, 0.5) is 0 Å². The van der Waals surface area contributed by atoms with Crippen LogP contribution >= 0.6 is 0 Å². The van der Waals surface area contributed by atoms with Crippen molar-refractivity contribution in [3.05, 3.63) is 35.4 Å². The number of benzene rings is 1. The molecular formula is C13H19NO2. The highest BCUT2D eigenvalue weighted by Crippen LogP contribution is 2.24. The van der Waals surface area contributed by atoms with Crippen molar-refractivity contribution in [2.75, 3.05) is 7.11 Å². The summed E-state index contributed by atoms with van der Waals surface area (Å²) in [7, 11) is 1.34. The van der Waals surface area contributed by atoms with Crippen molar-refractivity contribution >= 4 is 5.97 Å². The Hall–Kier alpha value is -1.35. The van der Waals surface area contributed by atoms with Gasteiger partial charge in [0.05, 0.1) is 7.11 Å². The summed E-state index contributed by atoms with van der Waals surface area (Å²) in [6.45, 7) is 6.36.